The molecule has 2 fully saturated rings. The molecule has 3 nitrogen and oxygen atoms in total. The van der Waals surface area contributed by atoms with Gasteiger partial charge in [0.1, 0.15) is 0 Å². The van der Waals surface area contributed by atoms with Gasteiger partial charge >= 0.3 is 0 Å². The fourth-order valence-electron chi connectivity index (χ4n) is 2.13. The van der Waals surface area contributed by atoms with Crippen LogP contribution in [0, 0.1) is 5.41 Å². The van der Waals surface area contributed by atoms with Gasteiger partial charge in [0.2, 0.25) is 5.91 Å². The van der Waals surface area contributed by atoms with Gasteiger partial charge in [-0.25, -0.2) is 0 Å². The molecule has 2 aliphatic rings. The Kier molecular flexibility index (Phi) is 2.75. The van der Waals surface area contributed by atoms with Gasteiger partial charge in [0.05, 0.1) is 0 Å². The molecule has 0 atom stereocenters. The van der Waals surface area contributed by atoms with Gasteiger partial charge in [-0.15, -0.1) is 0 Å². The van der Waals surface area contributed by atoms with Gasteiger partial charge < -0.3 is 10.2 Å². The van der Waals surface area contributed by atoms with Crippen LogP contribution in [-0.4, -0.2) is 36.0 Å². The quantitative estimate of drug-likeness (QED) is 0.747. The number of hydrogen-bond acceptors (Lipinski definition) is 2. The molecule has 1 heterocycles. The molecule has 0 spiro atoms. The van der Waals surface area contributed by atoms with E-state index in [1.54, 1.807) is 0 Å². The van der Waals surface area contributed by atoms with E-state index >= 15 is 0 Å². The smallest absolute Gasteiger partial charge is 0.228 e. The summed E-state index contributed by atoms with van der Waals surface area (Å²) in [5.41, 5.74) is -0.221. The van der Waals surface area contributed by atoms with E-state index in [9.17, 15) is 4.79 Å². The number of nitrogens with one attached hydrogen (secondary N) is 1. The molecule has 1 saturated carbocycles. The zero-order valence-corrected chi connectivity index (χ0v) is 10.0. The molecule has 2 rings (SSSR count). The Labute approximate surface area is 92.2 Å². The Hall–Kier alpha value is -0.570. The molecule has 0 bridgehead atoms. The number of likely N-dealkylation sites (tertiary alicyclic amines) is 1. The summed E-state index contributed by atoms with van der Waals surface area (Å²) < 4.78 is 0. The summed E-state index contributed by atoms with van der Waals surface area (Å²) in [6.45, 7) is 7.78. The van der Waals surface area contributed by atoms with Gasteiger partial charge in [0.15, 0.2) is 0 Å². The van der Waals surface area contributed by atoms with Crippen LogP contribution in [0.1, 0.15) is 40.0 Å². The van der Waals surface area contributed by atoms with E-state index < -0.39 is 0 Å². The summed E-state index contributed by atoms with van der Waals surface area (Å²) in [6, 6.07) is 1.29. The van der Waals surface area contributed by atoms with Crippen molar-refractivity contribution in [3.05, 3.63) is 0 Å². The second-order valence-corrected chi connectivity index (χ2v) is 5.95. The van der Waals surface area contributed by atoms with E-state index in [2.05, 4.69) is 5.32 Å². The maximum atomic E-state index is 11.9. The zero-order valence-electron chi connectivity index (χ0n) is 10.0. The second-order valence-electron chi connectivity index (χ2n) is 5.95. The minimum Gasteiger partial charge on any atom is -0.339 e. The second kappa shape index (κ2) is 3.78. The molecule has 0 aromatic heterocycles. The topological polar surface area (TPSA) is 32.3 Å². The van der Waals surface area contributed by atoms with E-state index in [0.29, 0.717) is 6.04 Å². The number of hydrogen-bond donors (Lipinski definition) is 1. The Morgan fingerprint density at radius 3 is 2.20 bits per heavy atom. The van der Waals surface area contributed by atoms with Gasteiger partial charge in [-0.05, 0) is 12.8 Å². The Balaban J connectivity index is 1.70. The highest BCUT2D eigenvalue weighted by Gasteiger charge is 2.37. The molecule has 3 heteroatoms. The molecular formula is C12H22N2O. The third kappa shape index (κ3) is 2.33. The van der Waals surface area contributed by atoms with Crippen LogP contribution in [0.3, 0.4) is 0 Å². The van der Waals surface area contributed by atoms with Gasteiger partial charge in [-0.1, -0.05) is 27.2 Å². The van der Waals surface area contributed by atoms with Crippen molar-refractivity contribution in [2.75, 3.05) is 13.1 Å². The molecule has 1 aliphatic heterocycles. The summed E-state index contributed by atoms with van der Waals surface area (Å²) in [5.74, 6) is 0.286. The van der Waals surface area contributed by atoms with Gasteiger partial charge in [-0.2, -0.15) is 0 Å². The Morgan fingerprint density at radius 1 is 1.20 bits per heavy atom. The standard InChI is InChI=1S/C12H22N2O/c1-12(2,3)11(15)14-7-10(8-14)13-9-5-4-6-9/h9-10,13H,4-8H2,1-3H3. The first-order valence-electron chi connectivity index (χ1n) is 6.02. The fraction of sp³-hybridized carbons (Fsp3) is 0.917. The fourth-order valence-corrected chi connectivity index (χ4v) is 2.13. The van der Waals surface area contributed by atoms with E-state index in [4.69, 9.17) is 0 Å². The van der Waals surface area contributed by atoms with Gasteiger partial charge in [0, 0.05) is 30.6 Å². The van der Waals surface area contributed by atoms with Crippen LogP contribution in [-0.2, 0) is 4.79 Å². The maximum Gasteiger partial charge on any atom is 0.228 e. The normalized spacial score (nSPS) is 23.5. The third-order valence-electron chi connectivity index (χ3n) is 3.39. The van der Waals surface area contributed by atoms with E-state index in [0.717, 1.165) is 19.1 Å². The first-order valence-corrected chi connectivity index (χ1v) is 6.02. The van der Waals surface area contributed by atoms with Gasteiger partial charge in [-0.3, -0.25) is 4.79 Å². The van der Waals surface area contributed by atoms with Crippen molar-refractivity contribution < 1.29 is 4.79 Å². The minimum atomic E-state index is -0.221. The van der Waals surface area contributed by atoms with Crippen molar-refractivity contribution in [3.63, 3.8) is 0 Å². The summed E-state index contributed by atoms with van der Waals surface area (Å²) in [6.07, 6.45) is 4.02. The molecule has 0 aromatic carbocycles. The van der Waals surface area contributed by atoms with E-state index in [-0.39, 0.29) is 11.3 Å². The van der Waals surface area contributed by atoms with Crippen LogP contribution < -0.4 is 5.32 Å². The van der Waals surface area contributed by atoms with Crippen molar-refractivity contribution >= 4 is 5.91 Å². The van der Waals surface area contributed by atoms with Crippen LogP contribution in [0.25, 0.3) is 0 Å². The molecule has 0 aromatic rings. The van der Waals surface area contributed by atoms with Crippen molar-refractivity contribution in [3.8, 4) is 0 Å². The molecule has 15 heavy (non-hydrogen) atoms. The number of carbonyl (C=O) groups is 1. The lowest BCUT2D eigenvalue weighted by Crippen LogP contribution is -2.64. The van der Waals surface area contributed by atoms with Crippen LogP contribution in [0.5, 0.6) is 0 Å². The predicted molar refractivity (Wildman–Crippen MR) is 60.6 cm³/mol. The number of amides is 1. The van der Waals surface area contributed by atoms with Crippen LogP contribution in [0.4, 0.5) is 0 Å². The summed E-state index contributed by atoms with van der Waals surface area (Å²) in [7, 11) is 0. The Bertz CT molecular complexity index is 247. The largest absolute Gasteiger partial charge is 0.339 e. The van der Waals surface area contributed by atoms with Crippen molar-refractivity contribution in [2.24, 2.45) is 5.41 Å². The lowest BCUT2D eigenvalue weighted by molar-refractivity contribution is -0.144. The number of nitrogens with zero attached hydrogens (tertiary/aromatic N) is 1. The third-order valence-corrected chi connectivity index (χ3v) is 3.39. The van der Waals surface area contributed by atoms with Crippen molar-refractivity contribution in [1.29, 1.82) is 0 Å². The molecule has 1 saturated heterocycles. The van der Waals surface area contributed by atoms with Crippen LogP contribution in [0.15, 0.2) is 0 Å². The SMILES string of the molecule is CC(C)(C)C(=O)N1CC(NC2CCC2)C1. The molecule has 1 aliphatic carbocycles. The molecule has 86 valence electrons. The number of carbonyl (C=O) groups excluding carboxylic acids is 1. The highest BCUT2D eigenvalue weighted by Crippen LogP contribution is 2.24. The van der Waals surface area contributed by atoms with E-state index in [1.165, 1.54) is 19.3 Å². The first-order chi connectivity index (χ1) is 6.97. The Morgan fingerprint density at radius 2 is 1.80 bits per heavy atom. The zero-order chi connectivity index (χ0) is 11.1. The predicted octanol–water partition coefficient (Wildman–Crippen LogP) is 1.39. The maximum absolute atomic E-state index is 11.9. The highest BCUT2D eigenvalue weighted by molar-refractivity contribution is 5.82. The lowest BCUT2D eigenvalue weighted by Gasteiger charge is -2.45. The van der Waals surface area contributed by atoms with Crippen LogP contribution in [0.2, 0.25) is 0 Å². The summed E-state index contributed by atoms with van der Waals surface area (Å²) >= 11 is 0. The molecule has 0 unspecified atom stereocenters. The average Bonchev–Trinajstić information content (AvgIpc) is 1.95. The van der Waals surface area contributed by atoms with Gasteiger partial charge in [0.25, 0.3) is 0 Å². The van der Waals surface area contributed by atoms with Crippen molar-refractivity contribution in [2.45, 2.75) is 52.1 Å². The number of rotatable bonds is 2. The molecular weight excluding hydrogens is 188 g/mol. The summed E-state index contributed by atoms with van der Waals surface area (Å²) in [5, 5.41) is 3.60. The van der Waals surface area contributed by atoms with Crippen LogP contribution >= 0.6 is 0 Å². The first kappa shape index (κ1) is 10.9. The lowest BCUT2D eigenvalue weighted by atomic mass is 9.89. The average molecular weight is 210 g/mol. The van der Waals surface area contributed by atoms with E-state index in [1.807, 2.05) is 25.7 Å². The molecule has 1 N–H and O–H groups in total. The summed E-state index contributed by atoms with van der Waals surface area (Å²) in [4.78, 5) is 13.8. The monoisotopic (exact) mass is 210 g/mol. The van der Waals surface area contributed by atoms with Crippen molar-refractivity contribution in [1.82, 2.24) is 10.2 Å². The highest BCUT2D eigenvalue weighted by atomic mass is 16.2. The minimum absolute atomic E-state index is 0.221. The molecule has 1 amide bonds. The molecule has 0 radical (unpaired) electrons.